The van der Waals surface area contributed by atoms with Crippen molar-refractivity contribution in [2.75, 3.05) is 7.11 Å². The lowest BCUT2D eigenvalue weighted by molar-refractivity contribution is -0.143. The van der Waals surface area contributed by atoms with E-state index < -0.39 is 36.4 Å². The number of hydrogen-bond donors (Lipinski definition) is 2. The molecule has 0 aliphatic heterocycles. The zero-order chi connectivity index (χ0) is 16.9. The number of aromatic nitrogens is 1. The second-order valence-corrected chi connectivity index (χ2v) is 4.98. The second-order valence-electron chi connectivity index (χ2n) is 4.14. The van der Waals surface area contributed by atoms with Gasteiger partial charge in [0.15, 0.2) is 6.17 Å². The number of primary amides is 1. The quantitative estimate of drug-likeness (QED) is 0.738. The van der Waals surface area contributed by atoms with E-state index in [1.807, 2.05) is 0 Å². The van der Waals surface area contributed by atoms with Crippen LogP contribution in [0.15, 0.2) is 12.3 Å². The predicted octanol–water partition coefficient (Wildman–Crippen LogP) is 0.873. The number of pyridine rings is 1. The first-order valence-corrected chi connectivity index (χ1v) is 6.65. The minimum Gasteiger partial charge on any atom is -0.467 e. The zero-order valence-corrected chi connectivity index (χ0v) is 12.8. The van der Waals surface area contributed by atoms with Crippen molar-refractivity contribution >= 4 is 41.0 Å². The van der Waals surface area contributed by atoms with Gasteiger partial charge in [0.2, 0.25) is 0 Å². The Kier molecular flexibility index (Phi) is 6.51. The maximum Gasteiger partial charge on any atom is 0.328 e. The normalized spacial score (nSPS) is 13.1. The van der Waals surface area contributed by atoms with E-state index in [4.69, 9.17) is 28.9 Å². The van der Waals surface area contributed by atoms with Gasteiger partial charge in [-0.3, -0.25) is 9.59 Å². The van der Waals surface area contributed by atoms with E-state index in [2.05, 4.69) is 15.0 Å². The summed E-state index contributed by atoms with van der Waals surface area (Å²) in [7, 11) is 1.05. The summed E-state index contributed by atoms with van der Waals surface area (Å²) in [6.07, 6.45) is -1.62. The van der Waals surface area contributed by atoms with Crippen molar-refractivity contribution in [1.82, 2.24) is 10.3 Å². The lowest BCUT2D eigenvalue weighted by atomic mass is 10.1. The van der Waals surface area contributed by atoms with Crippen molar-refractivity contribution in [3.8, 4) is 0 Å². The third-order valence-electron chi connectivity index (χ3n) is 2.57. The van der Waals surface area contributed by atoms with Crippen LogP contribution < -0.4 is 11.1 Å². The summed E-state index contributed by atoms with van der Waals surface area (Å²) in [6.45, 7) is 0. The topological polar surface area (TPSA) is 111 Å². The van der Waals surface area contributed by atoms with Crippen LogP contribution >= 0.6 is 23.2 Å². The van der Waals surface area contributed by atoms with E-state index in [9.17, 15) is 18.8 Å². The van der Waals surface area contributed by atoms with E-state index in [0.29, 0.717) is 0 Å². The summed E-state index contributed by atoms with van der Waals surface area (Å²) in [5.41, 5.74) is 4.57. The second kappa shape index (κ2) is 7.90. The molecule has 22 heavy (non-hydrogen) atoms. The highest BCUT2D eigenvalue weighted by Gasteiger charge is 2.29. The molecule has 0 aliphatic rings. The molecule has 0 saturated heterocycles. The van der Waals surface area contributed by atoms with Crippen molar-refractivity contribution in [3.05, 3.63) is 28.0 Å². The fraction of sp³-hybridized carbons (Fsp3) is 0.333. The predicted molar refractivity (Wildman–Crippen MR) is 76.2 cm³/mol. The third-order valence-corrected chi connectivity index (χ3v) is 3.06. The van der Waals surface area contributed by atoms with Gasteiger partial charge in [-0.25, -0.2) is 14.2 Å². The standard InChI is InChI=1S/C12H12Cl2FN3O4/c1-22-12(21)8(3-7(15)10(16)19)18-11(20)9-6(14)2-5(13)4-17-9/h2,4,7-8H,3H2,1H3,(H2,16,19)(H,18,20)/t7-,8-/m0/s1. The van der Waals surface area contributed by atoms with Crippen LogP contribution in [0.25, 0.3) is 0 Å². The highest BCUT2D eigenvalue weighted by atomic mass is 35.5. The molecule has 0 bridgehead atoms. The summed E-state index contributed by atoms with van der Waals surface area (Å²) in [6, 6.07) is -0.145. The van der Waals surface area contributed by atoms with Gasteiger partial charge in [0.25, 0.3) is 11.8 Å². The van der Waals surface area contributed by atoms with Crippen LogP contribution in [0.4, 0.5) is 4.39 Å². The number of amides is 2. The van der Waals surface area contributed by atoms with Gasteiger partial charge in [-0.15, -0.1) is 0 Å². The fourth-order valence-corrected chi connectivity index (χ4v) is 1.95. The third kappa shape index (κ3) is 4.81. The number of esters is 1. The van der Waals surface area contributed by atoms with Gasteiger partial charge in [-0.1, -0.05) is 23.2 Å². The van der Waals surface area contributed by atoms with Crippen molar-refractivity contribution in [1.29, 1.82) is 0 Å². The molecule has 0 saturated carbocycles. The first kappa shape index (κ1) is 18.1. The molecule has 0 radical (unpaired) electrons. The number of rotatable bonds is 6. The monoisotopic (exact) mass is 351 g/mol. The minimum atomic E-state index is -2.13. The molecule has 10 heteroatoms. The van der Waals surface area contributed by atoms with Gasteiger partial charge < -0.3 is 15.8 Å². The van der Waals surface area contributed by atoms with E-state index >= 15 is 0 Å². The Labute approximate surface area is 134 Å². The molecule has 0 spiro atoms. The largest absolute Gasteiger partial charge is 0.467 e. The molecule has 1 aromatic rings. The maximum absolute atomic E-state index is 13.4. The number of carbonyl (C=O) groups is 3. The highest BCUT2D eigenvalue weighted by molar-refractivity contribution is 6.36. The smallest absolute Gasteiger partial charge is 0.328 e. The molecule has 1 aromatic heterocycles. The van der Waals surface area contributed by atoms with Gasteiger partial charge in [0, 0.05) is 12.6 Å². The van der Waals surface area contributed by atoms with Crippen molar-refractivity contribution in [3.63, 3.8) is 0 Å². The summed E-state index contributed by atoms with van der Waals surface area (Å²) in [4.78, 5) is 38.0. The first-order chi connectivity index (χ1) is 10.3. The van der Waals surface area contributed by atoms with Gasteiger partial charge in [-0.2, -0.15) is 0 Å². The molecule has 1 heterocycles. The maximum atomic E-state index is 13.4. The van der Waals surface area contributed by atoms with E-state index in [0.717, 1.165) is 7.11 Å². The number of nitrogens with one attached hydrogen (secondary N) is 1. The summed E-state index contributed by atoms with van der Waals surface area (Å²) >= 11 is 11.5. The Bertz CT molecular complexity index is 600. The number of carbonyl (C=O) groups excluding carboxylic acids is 3. The van der Waals surface area contributed by atoms with Crippen molar-refractivity contribution < 1.29 is 23.5 Å². The Balaban J connectivity index is 2.91. The Morgan fingerprint density at radius 1 is 1.45 bits per heavy atom. The SMILES string of the molecule is COC(=O)[C@H](C[C@H](F)C(N)=O)NC(=O)c1ncc(Cl)cc1Cl. The minimum absolute atomic E-state index is 0.0553. The zero-order valence-electron chi connectivity index (χ0n) is 11.3. The molecule has 120 valence electrons. The average molecular weight is 352 g/mol. The van der Waals surface area contributed by atoms with Crippen LogP contribution in [0, 0.1) is 0 Å². The van der Waals surface area contributed by atoms with Crippen LogP contribution in [0.3, 0.4) is 0 Å². The number of nitrogens with two attached hydrogens (primary N) is 1. The van der Waals surface area contributed by atoms with Gasteiger partial charge in [0.05, 0.1) is 17.2 Å². The summed E-state index contributed by atoms with van der Waals surface area (Å²) in [5, 5.41) is 2.34. The summed E-state index contributed by atoms with van der Waals surface area (Å²) < 4.78 is 17.8. The average Bonchev–Trinajstić information content (AvgIpc) is 2.45. The van der Waals surface area contributed by atoms with E-state index in [-0.39, 0.29) is 15.7 Å². The highest BCUT2D eigenvalue weighted by Crippen LogP contribution is 2.18. The van der Waals surface area contributed by atoms with Crippen LogP contribution in [0.5, 0.6) is 0 Å². The van der Waals surface area contributed by atoms with Crippen LogP contribution in [0.2, 0.25) is 10.0 Å². The number of ether oxygens (including phenoxy) is 1. The van der Waals surface area contributed by atoms with Gasteiger partial charge >= 0.3 is 5.97 Å². The number of nitrogens with zero attached hydrogens (tertiary/aromatic N) is 1. The van der Waals surface area contributed by atoms with Gasteiger partial charge in [-0.05, 0) is 6.07 Å². The Morgan fingerprint density at radius 2 is 2.09 bits per heavy atom. The molecule has 0 aliphatic carbocycles. The fourth-order valence-electron chi connectivity index (χ4n) is 1.49. The van der Waals surface area contributed by atoms with Gasteiger partial charge in [0.1, 0.15) is 11.7 Å². The molecule has 3 N–H and O–H groups in total. The molecule has 0 aromatic carbocycles. The molecule has 0 fully saturated rings. The first-order valence-electron chi connectivity index (χ1n) is 5.89. The number of hydrogen-bond acceptors (Lipinski definition) is 5. The molecule has 2 amide bonds. The number of halogens is 3. The van der Waals surface area contributed by atoms with Crippen LogP contribution in [0.1, 0.15) is 16.9 Å². The molecule has 7 nitrogen and oxygen atoms in total. The molecule has 1 rings (SSSR count). The number of alkyl halides is 1. The van der Waals surface area contributed by atoms with Crippen LogP contribution in [-0.4, -0.2) is 42.1 Å². The summed E-state index contributed by atoms with van der Waals surface area (Å²) in [5.74, 6) is -3.05. The Morgan fingerprint density at radius 3 is 2.59 bits per heavy atom. The van der Waals surface area contributed by atoms with Crippen molar-refractivity contribution in [2.24, 2.45) is 5.73 Å². The number of methoxy groups -OCH3 is 1. The van der Waals surface area contributed by atoms with Crippen LogP contribution in [-0.2, 0) is 14.3 Å². The molecule has 0 unspecified atom stereocenters. The van der Waals surface area contributed by atoms with E-state index in [1.165, 1.54) is 12.3 Å². The lowest BCUT2D eigenvalue weighted by Gasteiger charge is -2.17. The molecular weight excluding hydrogens is 340 g/mol. The Hall–Kier alpha value is -1.93. The van der Waals surface area contributed by atoms with Crippen molar-refractivity contribution in [2.45, 2.75) is 18.6 Å². The molecule has 2 atom stereocenters. The molecular formula is C12H12Cl2FN3O4. The lowest BCUT2D eigenvalue weighted by Crippen LogP contribution is -2.45. The van der Waals surface area contributed by atoms with E-state index in [1.54, 1.807) is 0 Å².